The molecular formula is C29H35F2N5O2S3. The summed E-state index contributed by atoms with van der Waals surface area (Å²) in [5, 5.41) is 5.66. The number of halogens is 2. The van der Waals surface area contributed by atoms with Crippen molar-refractivity contribution in [2.75, 3.05) is 29.4 Å². The summed E-state index contributed by atoms with van der Waals surface area (Å²) < 4.78 is 57.3. The number of anilines is 2. The molecule has 0 bridgehead atoms. The second kappa shape index (κ2) is 11.9. The topological polar surface area (TPSA) is 71.3 Å². The molecule has 4 aromatic rings. The Morgan fingerprint density at radius 2 is 1.76 bits per heavy atom. The van der Waals surface area contributed by atoms with E-state index in [1.165, 1.54) is 39.8 Å². The number of pyridine rings is 1. The van der Waals surface area contributed by atoms with Crippen molar-refractivity contribution in [3.05, 3.63) is 59.8 Å². The Balaban J connectivity index is 0.00000165. The van der Waals surface area contributed by atoms with Gasteiger partial charge in [-0.2, -0.15) is 4.09 Å². The van der Waals surface area contributed by atoms with Crippen molar-refractivity contribution in [2.45, 2.75) is 73.1 Å². The first kappa shape index (κ1) is 29.8. The Kier molecular flexibility index (Phi) is 8.63. The third-order valence-corrected chi connectivity index (χ3v) is 12.0. The van der Waals surface area contributed by atoms with Crippen LogP contribution in [0.15, 0.2) is 51.0 Å². The van der Waals surface area contributed by atoms with Gasteiger partial charge in [-0.3, -0.25) is 4.21 Å². The predicted molar refractivity (Wildman–Crippen MR) is 164 cm³/mol. The van der Waals surface area contributed by atoms with Crippen molar-refractivity contribution in [1.82, 2.24) is 14.2 Å². The van der Waals surface area contributed by atoms with E-state index in [1.54, 1.807) is 18.2 Å². The lowest BCUT2D eigenvalue weighted by atomic mass is 10.0. The molecule has 1 saturated carbocycles. The maximum atomic E-state index is 14.8. The van der Waals surface area contributed by atoms with E-state index in [2.05, 4.69) is 14.8 Å². The molecule has 1 spiro atoms. The number of piperazine rings is 1. The van der Waals surface area contributed by atoms with Gasteiger partial charge >= 0.3 is 0 Å². The number of hydrogen-bond acceptors (Lipinski definition) is 7. The van der Waals surface area contributed by atoms with Crippen LogP contribution in [0.25, 0.3) is 10.9 Å². The van der Waals surface area contributed by atoms with Crippen molar-refractivity contribution in [3.8, 4) is 0 Å². The van der Waals surface area contributed by atoms with Crippen LogP contribution in [0.4, 0.5) is 20.4 Å². The van der Waals surface area contributed by atoms with Gasteiger partial charge in [0, 0.05) is 36.3 Å². The van der Waals surface area contributed by atoms with Crippen molar-refractivity contribution >= 4 is 55.7 Å². The summed E-state index contributed by atoms with van der Waals surface area (Å²) in [5.74, 6) is 0.686. The van der Waals surface area contributed by atoms with E-state index in [1.807, 2.05) is 34.6 Å². The number of nitrogens with zero attached hydrogens (tertiary/aromatic N) is 5. The van der Waals surface area contributed by atoms with Crippen LogP contribution in [-0.4, -0.2) is 53.0 Å². The Hall–Kier alpha value is -2.70. The minimum atomic E-state index is -1.74. The number of fused-ring (bicyclic) bond motifs is 1. The maximum Gasteiger partial charge on any atom is 0.184 e. The second-order valence-electron chi connectivity index (χ2n) is 10.3. The third kappa shape index (κ3) is 5.58. The predicted octanol–water partition coefficient (Wildman–Crippen LogP) is 6.31. The SMILES string of the molecule is CC.CCc1cc(F)cc2c1c(N1CCN(c3ccc(F)cn3)CC13CC3)nn2S(=O)c1ccc(S(=O)C(C)C)s1. The van der Waals surface area contributed by atoms with Gasteiger partial charge in [0.15, 0.2) is 16.8 Å². The molecule has 0 N–H and O–H groups in total. The molecule has 2 fully saturated rings. The van der Waals surface area contributed by atoms with Gasteiger partial charge in [-0.05, 0) is 55.2 Å². The van der Waals surface area contributed by atoms with E-state index in [-0.39, 0.29) is 16.6 Å². The highest BCUT2D eigenvalue weighted by Crippen LogP contribution is 2.49. The number of benzene rings is 1. The fourth-order valence-corrected chi connectivity index (χ4v) is 9.36. The highest BCUT2D eigenvalue weighted by molar-refractivity contribution is 7.89. The summed E-state index contributed by atoms with van der Waals surface area (Å²) in [5.41, 5.74) is 1.12. The fourth-order valence-electron chi connectivity index (χ4n) is 5.29. The molecule has 7 nitrogen and oxygen atoms in total. The standard InChI is InChI=1S/C27H29F2N5O2S3.C2H6/c1-4-18-13-20(29)14-21-25(18)26(31-34(21)39(36)24-8-7-23(37-24)38(35)17(2)3)33-12-11-32(16-27(33)9-10-27)22-6-5-19(28)15-30-22;1-2/h5-8,13-15,17H,4,9-12,16H2,1-3H3;1-2H3. The maximum absolute atomic E-state index is 14.8. The van der Waals surface area contributed by atoms with Crippen LogP contribution in [0.3, 0.4) is 0 Å². The highest BCUT2D eigenvalue weighted by atomic mass is 32.2. The molecule has 3 aromatic heterocycles. The van der Waals surface area contributed by atoms with Crippen LogP contribution in [-0.2, 0) is 28.2 Å². The lowest BCUT2D eigenvalue weighted by molar-refractivity contribution is 0.501. The van der Waals surface area contributed by atoms with Crippen LogP contribution in [0.2, 0.25) is 0 Å². The van der Waals surface area contributed by atoms with E-state index in [0.29, 0.717) is 45.8 Å². The van der Waals surface area contributed by atoms with Gasteiger partial charge in [-0.1, -0.05) is 34.6 Å². The largest absolute Gasteiger partial charge is 0.352 e. The van der Waals surface area contributed by atoms with Gasteiger partial charge in [0.05, 0.1) is 32.3 Å². The Morgan fingerprint density at radius 3 is 2.39 bits per heavy atom. The zero-order valence-corrected chi connectivity index (χ0v) is 26.3. The summed E-state index contributed by atoms with van der Waals surface area (Å²) in [4.78, 5) is 8.73. The zero-order valence-electron chi connectivity index (χ0n) is 23.9. The van der Waals surface area contributed by atoms with Gasteiger partial charge in [0.2, 0.25) is 0 Å². The molecule has 2 aliphatic rings. The summed E-state index contributed by atoms with van der Waals surface area (Å²) in [6.45, 7) is 11.8. The van der Waals surface area contributed by atoms with Crippen LogP contribution < -0.4 is 9.80 Å². The first-order valence-electron chi connectivity index (χ1n) is 14.0. The van der Waals surface area contributed by atoms with E-state index in [9.17, 15) is 17.2 Å². The first-order chi connectivity index (χ1) is 19.7. The molecular weight excluding hydrogens is 585 g/mol. The molecule has 41 heavy (non-hydrogen) atoms. The molecule has 4 heterocycles. The monoisotopic (exact) mass is 619 g/mol. The normalized spacial score (nSPS) is 17.6. The van der Waals surface area contributed by atoms with E-state index >= 15 is 0 Å². The smallest absolute Gasteiger partial charge is 0.184 e. The molecule has 2 unspecified atom stereocenters. The van der Waals surface area contributed by atoms with Crippen LogP contribution >= 0.6 is 11.3 Å². The minimum Gasteiger partial charge on any atom is -0.352 e. The molecule has 12 heteroatoms. The Bertz CT molecular complexity index is 1600. The molecule has 0 amide bonds. The van der Waals surface area contributed by atoms with Crippen LogP contribution in [0.5, 0.6) is 0 Å². The van der Waals surface area contributed by atoms with Gasteiger partial charge in [-0.25, -0.2) is 18.0 Å². The molecule has 1 aromatic carbocycles. The van der Waals surface area contributed by atoms with Crippen molar-refractivity contribution in [3.63, 3.8) is 0 Å². The van der Waals surface area contributed by atoms with E-state index < -0.39 is 27.6 Å². The first-order valence-corrected chi connectivity index (χ1v) is 17.1. The number of aryl methyl sites for hydroxylation is 1. The van der Waals surface area contributed by atoms with E-state index in [4.69, 9.17) is 5.10 Å². The number of aromatic nitrogens is 3. The fraction of sp³-hybridized carbons (Fsp3) is 0.448. The lowest BCUT2D eigenvalue weighted by Gasteiger charge is -2.43. The summed E-state index contributed by atoms with van der Waals surface area (Å²) >= 11 is 1.24. The number of hydrogen-bond donors (Lipinski definition) is 0. The minimum absolute atomic E-state index is 0.0539. The number of rotatable bonds is 7. The summed E-state index contributed by atoms with van der Waals surface area (Å²) in [6.07, 6.45) is 3.75. The molecule has 1 aliphatic heterocycles. The molecule has 6 rings (SSSR count). The second-order valence-corrected chi connectivity index (χ2v) is 15.2. The average Bonchev–Trinajstić information content (AvgIpc) is 3.39. The molecule has 1 saturated heterocycles. The quantitative estimate of drug-likeness (QED) is 0.242. The lowest BCUT2D eigenvalue weighted by Crippen LogP contribution is -2.55. The van der Waals surface area contributed by atoms with Gasteiger partial charge < -0.3 is 9.80 Å². The van der Waals surface area contributed by atoms with Crippen molar-refractivity contribution in [1.29, 1.82) is 0 Å². The van der Waals surface area contributed by atoms with E-state index in [0.717, 1.165) is 29.6 Å². The summed E-state index contributed by atoms with van der Waals surface area (Å²) in [7, 11) is -2.92. The number of thiophene rings is 1. The van der Waals surface area contributed by atoms with Crippen molar-refractivity contribution in [2.24, 2.45) is 0 Å². The Morgan fingerprint density at radius 1 is 1.02 bits per heavy atom. The third-order valence-electron chi connectivity index (χ3n) is 7.44. The molecule has 1 aliphatic carbocycles. The molecule has 2 atom stereocenters. The zero-order chi connectivity index (χ0) is 29.5. The van der Waals surface area contributed by atoms with Gasteiger partial charge in [0.1, 0.15) is 21.7 Å². The molecule has 220 valence electrons. The van der Waals surface area contributed by atoms with Crippen LogP contribution in [0.1, 0.15) is 53.0 Å². The Labute approximate surface area is 248 Å². The van der Waals surface area contributed by atoms with Crippen molar-refractivity contribution < 1.29 is 17.2 Å². The van der Waals surface area contributed by atoms with Gasteiger partial charge in [-0.15, -0.1) is 16.4 Å². The molecule has 0 radical (unpaired) electrons. The highest BCUT2D eigenvalue weighted by Gasteiger charge is 2.53. The average molecular weight is 620 g/mol. The van der Waals surface area contributed by atoms with Crippen LogP contribution in [0, 0.1) is 11.6 Å². The summed E-state index contributed by atoms with van der Waals surface area (Å²) in [6, 6.07) is 9.54. The van der Waals surface area contributed by atoms with Gasteiger partial charge in [0.25, 0.3) is 0 Å².